The number of aliphatic carboxylic acids is 1. The van der Waals surface area contributed by atoms with Crippen LogP contribution in [0.3, 0.4) is 0 Å². The van der Waals surface area contributed by atoms with E-state index in [0.29, 0.717) is 11.1 Å². The second-order valence-corrected chi connectivity index (χ2v) is 5.51. The zero-order chi connectivity index (χ0) is 18.3. The first kappa shape index (κ1) is 19.3. The molecule has 0 aliphatic heterocycles. The third-order valence-corrected chi connectivity index (χ3v) is 3.59. The molecule has 0 aliphatic rings. The number of hydrogen-bond acceptors (Lipinski definition) is 4. The zero-order valence-electron chi connectivity index (χ0n) is 14.0. The SMILES string of the molecule is CC(=O)NCCN(C(=O)Cc1ccc(C(C)=O)cc1)C(C)C(=O)O. The maximum Gasteiger partial charge on any atom is 0.326 e. The second kappa shape index (κ2) is 8.81. The van der Waals surface area contributed by atoms with E-state index >= 15 is 0 Å². The molecule has 1 atom stereocenters. The van der Waals surface area contributed by atoms with E-state index in [1.807, 2.05) is 0 Å². The first-order valence-corrected chi connectivity index (χ1v) is 7.59. The van der Waals surface area contributed by atoms with Crippen molar-refractivity contribution in [3.05, 3.63) is 35.4 Å². The van der Waals surface area contributed by atoms with Crippen LogP contribution in [0.1, 0.15) is 36.7 Å². The van der Waals surface area contributed by atoms with Gasteiger partial charge >= 0.3 is 5.97 Å². The molecule has 2 amide bonds. The highest BCUT2D eigenvalue weighted by Crippen LogP contribution is 2.09. The molecule has 0 saturated heterocycles. The van der Waals surface area contributed by atoms with Gasteiger partial charge in [0.15, 0.2) is 5.78 Å². The Bertz CT molecular complexity index is 624. The molecule has 0 spiro atoms. The van der Waals surface area contributed by atoms with E-state index in [-0.39, 0.29) is 37.1 Å². The van der Waals surface area contributed by atoms with Gasteiger partial charge < -0.3 is 15.3 Å². The molecule has 24 heavy (non-hydrogen) atoms. The van der Waals surface area contributed by atoms with Crippen molar-refractivity contribution in [2.75, 3.05) is 13.1 Å². The summed E-state index contributed by atoms with van der Waals surface area (Å²) in [5, 5.41) is 11.7. The van der Waals surface area contributed by atoms with E-state index in [0.717, 1.165) is 0 Å². The molecule has 0 aliphatic carbocycles. The van der Waals surface area contributed by atoms with E-state index < -0.39 is 12.0 Å². The molecule has 0 bridgehead atoms. The summed E-state index contributed by atoms with van der Waals surface area (Å²) in [6.07, 6.45) is 0.0237. The summed E-state index contributed by atoms with van der Waals surface area (Å²) in [5.74, 6) is -1.78. The van der Waals surface area contributed by atoms with Crippen molar-refractivity contribution >= 4 is 23.6 Å². The number of Topliss-reactive ketones (excluding diaryl/α,β-unsaturated/α-hetero) is 1. The number of hydrogen-bond donors (Lipinski definition) is 2. The van der Waals surface area contributed by atoms with Crippen molar-refractivity contribution in [1.29, 1.82) is 0 Å². The summed E-state index contributed by atoms with van der Waals surface area (Å²) in [7, 11) is 0. The van der Waals surface area contributed by atoms with Crippen LogP contribution in [0.15, 0.2) is 24.3 Å². The molecule has 7 heteroatoms. The predicted molar refractivity (Wildman–Crippen MR) is 87.6 cm³/mol. The molecule has 0 radical (unpaired) electrons. The molecule has 7 nitrogen and oxygen atoms in total. The molecule has 2 N–H and O–H groups in total. The maximum absolute atomic E-state index is 12.4. The van der Waals surface area contributed by atoms with Gasteiger partial charge in [-0.3, -0.25) is 14.4 Å². The Morgan fingerprint density at radius 2 is 1.71 bits per heavy atom. The van der Waals surface area contributed by atoms with Crippen LogP contribution in [-0.2, 0) is 20.8 Å². The normalized spacial score (nSPS) is 11.5. The maximum atomic E-state index is 12.4. The average molecular weight is 334 g/mol. The number of nitrogens with zero attached hydrogens (tertiary/aromatic N) is 1. The standard InChI is InChI=1S/C17H22N2O5/c1-11(17(23)24)19(9-8-18-13(3)21)16(22)10-14-4-6-15(7-5-14)12(2)20/h4-7,11H,8-10H2,1-3H3,(H,18,21)(H,23,24). The van der Waals surface area contributed by atoms with Crippen LogP contribution in [-0.4, -0.2) is 52.7 Å². The monoisotopic (exact) mass is 334 g/mol. The van der Waals surface area contributed by atoms with Gasteiger partial charge in [0.2, 0.25) is 11.8 Å². The van der Waals surface area contributed by atoms with Gasteiger partial charge in [-0.1, -0.05) is 24.3 Å². The van der Waals surface area contributed by atoms with Crippen molar-refractivity contribution < 1.29 is 24.3 Å². The van der Waals surface area contributed by atoms with Gasteiger partial charge in [0, 0.05) is 25.6 Å². The van der Waals surface area contributed by atoms with Crippen LogP contribution >= 0.6 is 0 Å². The van der Waals surface area contributed by atoms with Crippen molar-refractivity contribution in [3.8, 4) is 0 Å². The van der Waals surface area contributed by atoms with Gasteiger partial charge in [0.05, 0.1) is 6.42 Å². The van der Waals surface area contributed by atoms with E-state index in [1.54, 1.807) is 24.3 Å². The Morgan fingerprint density at radius 1 is 1.12 bits per heavy atom. The molecule has 1 aromatic rings. The molecule has 1 unspecified atom stereocenters. The largest absolute Gasteiger partial charge is 0.480 e. The fourth-order valence-corrected chi connectivity index (χ4v) is 2.15. The summed E-state index contributed by atoms with van der Waals surface area (Å²) in [6, 6.07) is 5.61. The second-order valence-electron chi connectivity index (χ2n) is 5.51. The Hall–Kier alpha value is -2.70. The third kappa shape index (κ3) is 5.83. The quantitative estimate of drug-likeness (QED) is 0.687. The first-order chi connectivity index (χ1) is 11.2. The Kier molecular flexibility index (Phi) is 7.10. The first-order valence-electron chi connectivity index (χ1n) is 7.59. The Balaban J connectivity index is 2.80. The number of rotatable bonds is 8. The zero-order valence-corrected chi connectivity index (χ0v) is 14.0. The summed E-state index contributed by atoms with van der Waals surface area (Å²) in [6.45, 7) is 4.52. The molecular weight excluding hydrogens is 312 g/mol. The summed E-state index contributed by atoms with van der Waals surface area (Å²) < 4.78 is 0. The molecule has 0 aromatic heterocycles. The van der Waals surface area contributed by atoms with Crippen LogP contribution < -0.4 is 5.32 Å². The van der Waals surface area contributed by atoms with Gasteiger partial charge in [0.1, 0.15) is 6.04 Å². The highest BCUT2D eigenvalue weighted by atomic mass is 16.4. The molecule has 1 aromatic carbocycles. The van der Waals surface area contributed by atoms with Gasteiger partial charge in [-0.15, -0.1) is 0 Å². The van der Waals surface area contributed by atoms with Gasteiger partial charge in [-0.2, -0.15) is 0 Å². The summed E-state index contributed by atoms with van der Waals surface area (Å²) in [4.78, 5) is 47.0. The molecule has 0 saturated carbocycles. The number of carbonyl (C=O) groups is 4. The fraction of sp³-hybridized carbons (Fsp3) is 0.412. The minimum atomic E-state index is -1.11. The third-order valence-electron chi connectivity index (χ3n) is 3.59. The number of nitrogens with one attached hydrogen (secondary N) is 1. The minimum Gasteiger partial charge on any atom is -0.480 e. The van der Waals surface area contributed by atoms with E-state index in [4.69, 9.17) is 5.11 Å². The minimum absolute atomic E-state index is 0.0237. The van der Waals surface area contributed by atoms with Crippen LogP contribution in [0.4, 0.5) is 0 Å². The lowest BCUT2D eigenvalue weighted by Crippen LogP contribution is -2.47. The van der Waals surface area contributed by atoms with E-state index in [2.05, 4.69) is 5.32 Å². The number of carboxylic acid groups (broad SMARTS) is 1. The fourth-order valence-electron chi connectivity index (χ4n) is 2.15. The Morgan fingerprint density at radius 3 is 2.17 bits per heavy atom. The van der Waals surface area contributed by atoms with Gasteiger partial charge in [0.25, 0.3) is 0 Å². The highest BCUT2D eigenvalue weighted by Gasteiger charge is 2.25. The van der Waals surface area contributed by atoms with Gasteiger partial charge in [-0.25, -0.2) is 4.79 Å². The van der Waals surface area contributed by atoms with Crippen molar-refractivity contribution in [3.63, 3.8) is 0 Å². The number of amides is 2. The number of benzene rings is 1. The van der Waals surface area contributed by atoms with Crippen molar-refractivity contribution in [2.24, 2.45) is 0 Å². The van der Waals surface area contributed by atoms with E-state index in [9.17, 15) is 19.2 Å². The van der Waals surface area contributed by atoms with Crippen LogP contribution in [0.5, 0.6) is 0 Å². The Labute approximate surface area is 140 Å². The summed E-state index contributed by atoms with van der Waals surface area (Å²) in [5.41, 5.74) is 1.24. The molecule has 130 valence electrons. The van der Waals surface area contributed by atoms with E-state index in [1.165, 1.54) is 25.7 Å². The molecular formula is C17H22N2O5. The van der Waals surface area contributed by atoms with Gasteiger partial charge in [-0.05, 0) is 19.4 Å². The highest BCUT2D eigenvalue weighted by molar-refractivity contribution is 5.94. The van der Waals surface area contributed by atoms with Crippen molar-refractivity contribution in [1.82, 2.24) is 10.2 Å². The van der Waals surface area contributed by atoms with Crippen LogP contribution in [0.2, 0.25) is 0 Å². The van der Waals surface area contributed by atoms with Crippen LogP contribution in [0, 0.1) is 0 Å². The number of carbonyl (C=O) groups excluding carboxylic acids is 3. The number of ketones is 1. The van der Waals surface area contributed by atoms with Crippen LogP contribution in [0.25, 0.3) is 0 Å². The molecule has 1 rings (SSSR count). The molecule has 0 heterocycles. The topological polar surface area (TPSA) is 104 Å². The lowest BCUT2D eigenvalue weighted by Gasteiger charge is -2.26. The lowest BCUT2D eigenvalue weighted by molar-refractivity contribution is -0.149. The lowest BCUT2D eigenvalue weighted by atomic mass is 10.1. The number of carboxylic acids is 1. The van der Waals surface area contributed by atoms with Crippen molar-refractivity contribution in [2.45, 2.75) is 33.2 Å². The predicted octanol–water partition coefficient (Wildman–Crippen LogP) is 0.869. The molecule has 0 fully saturated rings. The summed E-state index contributed by atoms with van der Waals surface area (Å²) >= 11 is 0. The average Bonchev–Trinajstić information content (AvgIpc) is 2.51. The smallest absolute Gasteiger partial charge is 0.326 e.